The van der Waals surface area contributed by atoms with Gasteiger partial charge in [-0.2, -0.15) is 0 Å². The lowest BCUT2D eigenvalue weighted by molar-refractivity contribution is 0.459. The third kappa shape index (κ3) is 2.81. The molecule has 1 aromatic heterocycles. The molecule has 1 heterocycles. The molecule has 2 rings (SSSR count). The van der Waals surface area contributed by atoms with Gasteiger partial charge in [-0.1, -0.05) is 40.7 Å². The minimum absolute atomic E-state index is 0.0524. The van der Waals surface area contributed by atoms with Crippen molar-refractivity contribution in [1.82, 2.24) is 9.55 Å². The van der Waals surface area contributed by atoms with E-state index in [0.29, 0.717) is 12.5 Å². The van der Waals surface area contributed by atoms with E-state index in [1.165, 1.54) is 5.52 Å². The highest BCUT2D eigenvalue weighted by Gasteiger charge is 2.23. The Bertz CT molecular complexity index is 573. The molecule has 19 heavy (non-hydrogen) atoms. The number of fused-ring (bicyclic) bond motifs is 1. The Morgan fingerprint density at radius 1 is 1.26 bits per heavy atom. The van der Waals surface area contributed by atoms with E-state index < -0.39 is 0 Å². The number of aromatic nitrogens is 2. The van der Waals surface area contributed by atoms with E-state index in [-0.39, 0.29) is 5.41 Å². The smallest absolute Gasteiger partial charge is 0.115 e. The first kappa shape index (κ1) is 14.1. The lowest BCUT2D eigenvalue weighted by Crippen LogP contribution is -2.20. The molecule has 2 N–H and O–H groups in total. The molecular weight excluding hydrogens is 234 g/mol. The van der Waals surface area contributed by atoms with Gasteiger partial charge in [-0.3, -0.25) is 0 Å². The zero-order valence-corrected chi connectivity index (χ0v) is 12.7. The van der Waals surface area contributed by atoms with Gasteiger partial charge in [0, 0.05) is 18.5 Å². The standard InChI is InChI=1S/C16H25N3/c1-11(2)10-19-14-7-6-12(9-17)8-13(14)18-15(19)16(3,4)5/h6-8,11H,9-10,17H2,1-5H3. The minimum atomic E-state index is 0.0524. The molecule has 0 atom stereocenters. The van der Waals surface area contributed by atoms with Crippen LogP contribution in [0.25, 0.3) is 11.0 Å². The summed E-state index contributed by atoms with van der Waals surface area (Å²) in [6.07, 6.45) is 0. The summed E-state index contributed by atoms with van der Waals surface area (Å²) in [6, 6.07) is 6.37. The van der Waals surface area contributed by atoms with Crippen molar-refractivity contribution in [1.29, 1.82) is 0 Å². The summed E-state index contributed by atoms with van der Waals surface area (Å²) in [4.78, 5) is 4.85. The van der Waals surface area contributed by atoms with E-state index in [1.807, 2.05) is 0 Å². The second kappa shape index (κ2) is 4.97. The van der Waals surface area contributed by atoms with Crippen molar-refractivity contribution in [2.24, 2.45) is 11.7 Å². The van der Waals surface area contributed by atoms with Crippen LogP contribution < -0.4 is 5.73 Å². The highest BCUT2D eigenvalue weighted by atomic mass is 15.1. The van der Waals surface area contributed by atoms with Gasteiger partial charge in [0.1, 0.15) is 5.82 Å². The van der Waals surface area contributed by atoms with Crippen LogP contribution in [-0.4, -0.2) is 9.55 Å². The molecule has 3 heteroatoms. The summed E-state index contributed by atoms with van der Waals surface area (Å²) in [5, 5.41) is 0. The fourth-order valence-corrected chi connectivity index (χ4v) is 2.42. The van der Waals surface area contributed by atoms with Crippen LogP contribution in [0.3, 0.4) is 0 Å². The number of hydrogen-bond acceptors (Lipinski definition) is 2. The molecule has 0 unspecified atom stereocenters. The Morgan fingerprint density at radius 2 is 1.95 bits per heavy atom. The predicted octanol–water partition coefficient (Wildman–Crippen LogP) is 3.45. The Balaban J connectivity index is 2.65. The maximum absolute atomic E-state index is 5.72. The van der Waals surface area contributed by atoms with E-state index in [0.717, 1.165) is 23.4 Å². The predicted molar refractivity (Wildman–Crippen MR) is 81.2 cm³/mol. The SMILES string of the molecule is CC(C)Cn1c(C(C)(C)C)nc2cc(CN)ccc21. The average molecular weight is 259 g/mol. The molecule has 0 aliphatic carbocycles. The molecule has 3 nitrogen and oxygen atoms in total. The Hall–Kier alpha value is -1.35. The molecule has 0 radical (unpaired) electrons. The normalized spacial score (nSPS) is 12.6. The number of benzene rings is 1. The number of hydrogen-bond donors (Lipinski definition) is 1. The molecule has 1 aromatic carbocycles. The Kier molecular flexibility index (Phi) is 3.68. The van der Waals surface area contributed by atoms with Crippen LogP contribution in [0.15, 0.2) is 18.2 Å². The zero-order valence-electron chi connectivity index (χ0n) is 12.7. The van der Waals surface area contributed by atoms with Crippen LogP contribution in [-0.2, 0) is 18.5 Å². The highest BCUT2D eigenvalue weighted by molar-refractivity contribution is 5.77. The van der Waals surface area contributed by atoms with Gasteiger partial charge in [0.05, 0.1) is 11.0 Å². The van der Waals surface area contributed by atoms with Gasteiger partial charge >= 0.3 is 0 Å². The summed E-state index contributed by atoms with van der Waals surface area (Å²) in [7, 11) is 0. The van der Waals surface area contributed by atoms with Crippen molar-refractivity contribution < 1.29 is 0 Å². The number of nitrogens with two attached hydrogens (primary N) is 1. The first-order chi connectivity index (χ1) is 8.82. The van der Waals surface area contributed by atoms with E-state index >= 15 is 0 Å². The van der Waals surface area contributed by atoms with E-state index in [2.05, 4.69) is 57.4 Å². The quantitative estimate of drug-likeness (QED) is 0.917. The van der Waals surface area contributed by atoms with E-state index in [1.54, 1.807) is 0 Å². The topological polar surface area (TPSA) is 43.8 Å². The van der Waals surface area contributed by atoms with Gasteiger partial charge < -0.3 is 10.3 Å². The van der Waals surface area contributed by atoms with Gasteiger partial charge in [-0.25, -0.2) is 4.98 Å². The lowest BCUT2D eigenvalue weighted by Gasteiger charge is -2.21. The molecule has 104 valence electrons. The second-order valence-corrected chi connectivity index (χ2v) is 6.72. The zero-order chi connectivity index (χ0) is 14.2. The number of rotatable bonds is 3. The summed E-state index contributed by atoms with van der Waals surface area (Å²) in [5.41, 5.74) is 9.19. The monoisotopic (exact) mass is 259 g/mol. The second-order valence-electron chi connectivity index (χ2n) is 6.72. The summed E-state index contributed by atoms with van der Waals surface area (Å²) < 4.78 is 2.36. The molecule has 0 bridgehead atoms. The molecule has 0 saturated carbocycles. The van der Waals surface area contributed by atoms with Gasteiger partial charge in [0.2, 0.25) is 0 Å². The van der Waals surface area contributed by atoms with E-state index in [9.17, 15) is 0 Å². The summed E-state index contributed by atoms with van der Waals surface area (Å²) in [5.74, 6) is 1.76. The van der Waals surface area contributed by atoms with Gasteiger partial charge in [0.25, 0.3) is 0 Å². The summed E-state index contributed by atoms with van der Waals surface area (Å²) in [6.45, 7) is 12.7. The van der Waals surface area contributed by atoms with Gasteiger partial charge in [-0.15, -0.1) is 0 Å². The number of imidazole rings is 1. The minimum Gasteiger partial charge on any atom is -0.327 e. The summed E-state index contributed by atoms with van der Waals surface area (Å²) >= 11 is 0. The van der Waals surface area contributed by atoms with Crippen LogP contribution in [0.5, 0.6) is 0 Å². The Labute approximate surface area is 115 Å². The maximum atomic E-state index is 5.72. The highest BCUT2D eigenvalue weighted by Crippen LogP contribution is 2.27. The largest absolute Gasteiger partial charge is 0.327 e. The third-order valence-electron chi connectivity index (χ3n) is 3.27. The average Bonchev–Trinajstić information content (AvgIpc) is 2.66. The third-order valence-corrected chi connectivity index (χ3v) is 3.27. The first-order valence-electron chi connectivity index (χ1n) is 7.02. The number of nitrogens with zero attached hydrogens (tertiary/aromatic N) is 2. The van der Waals surface area contributed by atoms with Crippen molar-refractivity contribution in [2.75, 3.05) is 0 Å². The fourth-order valence-electron chi connectivity index (χ4n) is 2.42. The van der Waals surface area contributed by atoms with Crippen LogP contribution in [0.1, 0.15) is 46.0 Å². The van der Waals surface area contributed by atoms with Gasteiger partial charge in [0.15, 0.2) is 0 Å². The van der Waals surface area contributed by atoms with Gasteiger partial charge in [-0.05, 0) is 23.6 Å². The van der Waals surface area contributed by atoms with Crippen molar-refractivity contribution in [3.8, 4) is 0 Å². The molecule has 2 aromatic rings. The van der Waals surface area contributed by atoms with E-state index in [4.69, 9.17) is 10.7 Å². The van der Waals surface area contributed by atoms with Crippen LogP contribution >= 0.6 is 0 Å². The molecule has 0 aliphatic heterocycles. The van der Waals surface area contributed by atoms with Crippen molar-refractivity contribution >= 4 is 11.0 Å². The van der Waals surface area contributed by atoms with Crippen molar-refractivity contribution in [3.05, 3.63) is 29.6 Å². The van der Waals surface area contributed by atoms with Crippen LogP contribution in [0, 0.1) is 5.92 Å². The van der Waals surface area contributed by atoms with Crippen molar-refractivity contribution in [3.63, 3.8) is 0 Å². The van der Waals surface area contributed by atoms with Crippen LogP contribution in [0.2, 0.25) is 0 Å². The maximum Gasteiger partial charge on any atom is 0.115 e. The van der Waals surface area contributed by atoms with Crippen molar-refractivity contribution in [2.45, 2.75) is 53.1 Å². The first-order valence-corrected chi connectivity index (χ1v) is 7.02. The molecule has 0 aliphatic rings. The van der Waals surface area contributed by atoms with Crippen LogP contribution in [0.4, 0.5) is 0 Å². The molecular formula is C16H25N3. The lowest BCUT2D eigenvalue weighted by atomic mass is 9.95. The fraction of sp³-hybridized carbons (Fsp3) is 0.562. The molecule has 0 amide bonds. The Morgan fingerprint density at radius 3 is 2.47 bits per heavy atom. The molecule has 0 fully saturated rings. The molecule has 0 spiro atoms. The molecule has 0 saturated heterocycles.